The quantitative estimate of drug-likeness (QED) is 0.695. The maximum Gasteiger partial charge on any atom is 0.230 e. The van der Waals surface area contributed by atoms with Crippen molar-refractivity contribution in [2.45, 2.75) is 24.6 Å². The summed E-state index contributed by atoms with van der Waals surface area (Å²) in [4.78, 5) is 11.9. The molecule has 0 spiro atoms. The Morgan fingerprint density at radius 2 is 2.16 bits per heavy atom. The molecular weight excluding hydrogens is 278 g/mol. The zero-order chi connectivity index (χ0) is 13.8. The molecule has 2 rings (SSSR count). The Kier molecular flexibility index (Phi) is 4.55. The van der Waals surface area contributed by atoms with Crippen molar-refractivity contribution in [2.24, 2.45) is 0 Å². The monoisotopic (exact) mass is 293 g/mol. The largest absolute Gasteiger partial charge is 0.300 e. The minimum absolute atomic E-state index is 0.0595. The van der Waals surface area contributed by atoms with Crippen LogP contribution in [0.4, 0.5) is 5.13 Å². The van der Waals surface area contributed by atoms with Crippen molar-refractivity contribution in [2.75, 3.05) is 11.6 Å². The summed E-state index contributed by atoms with van der Waals surface area (Å²) in [5.74, 6) is -0.0595. The van der Waals surface area contributed by atoms with Gasteiger partial charge in [0.05, 0.1) is 6.42 Å². The number of carbonyl (C=O) groups excluding carboxylic acids is 1. The number of aromatic nitrogens is 2. The first-order valence-electron chi connectivity index (χ1n) is 5.82. The van der Waals surface area contributed by atoms with Crippen molar-refractivity contribution in [3.63, 3.8) is 0 Å². The van der Waals surface area contributed by atoms with E-state index < -0.39 is 0 Å². The van der Waals surface area contributed by atoms with Crippen molar-refractivity contribution >= 4 is 34.1 Å². The number of amides is 1. The number of thioether (sulfide) groups is 1. The molecule has 19 heavy (non-hydrogen) atoms. The molecule has 0 aliphatic rings. The lowest BCUT2D eigenvalue weighted by atomic mass is 10.0. The molecule has 0 aliphatic carbocycles. The van der Waals surface area contributed by atoms with Gasteiger partial charge in [0.25, 0.3) is 0 Å². The Morgan fingerprint density at radius 3 is 2.79 bits per heavy atom. The molecule has 1 amide bonds. The summed E-state index contributed by atoms with van der Waals surface area (Å²) in [5, 5.41) is 11.2. The van der Waals surface area contributed by atoms with Gasteiger partial charge in [-0.25, -0.2) is 0 Å². The predicted octanol–water partition coefficient (Wildman–Crippen LogP) is 3.06. The van der Waals surface area contributed by atoms with Gasteiger partial charge in [-0.2, -0.15) is 0 Å². The highest BCUT2D eigenvalue weighted by Crippen LogP contribution is 2.23. The second-order valence-electron chi connectivity index (χ2n) is 4.23. The van der Waals surface area contributed by atoms with Gasteiger partial charge in [0.2, 0.25) is 11.0 Å². The first kappa shape index (κ1) is 14.0. The lowest BCUT2D eigenvalue weighted by Gasteiger charge is -2.06. The summed E-state index contributed by atoms with van der Waals surface area (Å²) in [7, 11) is 0. The Hall–Kier alpha value is -1.40. The number of benzene rings is 1. The SMILES string of the molecule is CSc1nnc(NC(=O)Cc2ccc(C)cc2C)s1. The Balaban J connectivity index is 2.01. The van der Waals surface area contributed by atoms with Crippen LogP contribution in [-0.4, -0.2) is 22.4 Å². The van der Waals surface area contributed by atoms with Crippen molar-refractivity contribution in [1.82, 2.24) is 10.2 Å². The van der Waals surface area contributed by atoms with Gasteiger partial charge in [-0.1, -0.05) is 46.9 Å². The van der Waals surface area contributed by atoms with Gasteiger partial charge in [-0.05, 0) is 31.2 Å². The van der Waals surface area contributed by atoms with E-state index in [-0.39, 0.29) is 5.91 Å². The molecule has 0 radical (unpaired) electrons. The van der Waals surface area contributed by atoms with Gasteiger partial charge in [-0.15, -0.1) is 10.2 Å². The number of hydrogen-bond acceptors (Lipinski definition) is 5. The first-order valence-corrected chi connectivity index (χ1v) is 7.86. The zero-order valence-corrected chi connectivity index (χ0v) is 12.7. The molecule has 0 unspecified atom stereocenters. The van der Waals surface area contributed by atoms with Crippen LogP contribution in [0.25, 0.3) is 0 Å². The molecule has 1 aromatic carbocycles. The summed E-state index contributed by atoms with van der Waals surface area (Å²) in [6.45, 7) is 4.06. The van der Waals surface area contributed by atoms with Gasteiger partial charge >= 0.3 is 0 Å². The van der Waals surface area contributed by atoms with E-state index in [2.05, 4.69) is 21.6 Å². The number of carbonyl (C=O) groups is 1. The predicted molar refractivity (Wildman–Crippen MR) is 79.9 cm³/mol. The van der Waals surface area contributed by atoms with Crippen molar-refractivity contribution in [1.29, 1.82) is 0 Å². The lowest BCUT2D eigenvalue weighted by molar-refractivity contribution is -0.115. The van der Waals surface area contributed by atoms with E-state index in [0.717, 1.165) is 15.5 Å². The van der Waals surface area contributed by atoms with E-state index in [1.54, 1.807) is 0 Å². The van der Waals surface area contributed by atoms with Crippen LogP contribution in [0.1, 0.15) is 16.7 Å². The highest BCUT2D eigenvalue weighted by molar-refractivity contribution is 8.00. The molecule has 0 saturated heterocycles. The van der Waals surface area contributed by atoms with Gasteiger partial charge in [0.15, 0.2) is 4.34 Å². The molecule has 0 saturated carbocycles. The number of nitrogens with one attached hydrogen (secondary N) is 1. The molecular formula is C13H15N3OS2. The van der Waals surface area contributed by atoms with E-state index >= 15 is 0 Å². The number of nitrogens with zero attached hydrogens (tertiary/aromatic N) is 2. The Morgan fingerprint density at radius 1 is 1.37 bits per heavy atom. The molecule has 0 fully saturated rings. The van der Waals surface area contributed by atoms with Crippen LogP contribution in [0.15, 0.2) is 22.5 Å². The fourth-order valence-corrected chi connectivity index (χ4v) is 2.91. The van der Waals surface area contributed by atoms with Gasteiger partial charge in [0.1, 0.15) is 0 Å². The van der Waals surface area contributed by atoms with Crippen LogP contribution in [0.5, 0.6) is 0 Å². The fraction of sp³-hybridized carbons (Fsp3) is 0.308. The molecule has 0 aliphatic heterocycles. The summed E-state index contributed by atoms with van der Waals surface area (Å²) >= 11 is 2.91. The third-order valence-corrected chi connectivity index (χ3v) is 4.49. The summed E-state index contributed by atoms with van der Waals surface area (Å²) < 4.78 is 0.849. The zero-order valence-electron chi connectivity index (χ0n) is 11.1. The number of aryl methyl sites for hydroxylation is 2. The minimum atomic E-state index is -0.0595. The van der Waals surface area contributed by atoms with E-state index in [4.69, 9.17) is 0 Å². The molecule has 4 nitrogen and oxygen atoms in total. The third kappa shape index (κ3) is 3.78. The van der Waals surface area contributed by atoms with Crippen LogP contribution in [0.3, 0.4) is 0 Å². The first-order chi connectivity index (χ1) is 9.08. The van der Waals surface area contributed by atoms with Crippen molar-refractivity contribution in [3.8, 4) is 0 Å². The minimum Gasteiger partial charge on any atom is -0.300 e. The summed E-state index contributed by atoms with van der Waals surface area (Å²) in [6, 6.07) is 6.10. The molecule has 0 atom stereocenters. The van der Waals surface area contributed by atoms with Gasteiger partial charge in [-0.3, -0.25) is 4.79 Å². The molecule has 0 bridgehead atoms. The topological polar surface area (TPSA) is 54.9 Å². The van der Waals surface area contributed by atoms with E-state index in [1.807, 2.05) is 32.2 Å². The highest BCUT2D eigenvalue weighted by Gasteiger charge is 2.09. The normalized spacial score (nSPS) is 10.5. The van der Waals surface area contributed by atoms with Crippen molar-refractivity contribution < 1.29 is 4.79 Å². The summed E-state index contributed by atoms with van der Waals surface area (Å²) in [5.41, 5.74) is 3.38. The van der Waals surface area contributed by atoms with E-state index in [1.165, 1.54) is 28.7 Å². The van der Waals surface area contributed by atoms with Crippen LogP contribution in [-0.2, 0) is 11.2 Å². The number of hydrogen-bond donors (Lipinski definition) is 1. The molecule has 1 heterocycles. The molecule has 1 aromatic heterocycles. The Bertz CT molecular complexity index is 595. The van der Waals surface area contributed by atoms with Gasteiger partial charge in [0, 0.05) is 0 Å². The third-order valence-electron chi connectivity index (χ3n) is 2.68. The van der Waals surface area contributed by atoms with Gasteiger partial charge < -0.3 is 5.32 Å². The average molecular weight is 293 g/mol. The lowest BCUT2D eigenvalue weighted by Crippen LogP contribution is -2.14. The molecule has 2 aromatic rings. The number of rotatable bonds is 4. The van der Waals surface area contributed by atoms with E-state index in [9.17, 15) is 4.79 Å². The number of anilines is 1. The fourth-order valence-electron chi connectivity index (χ4n) is 1.72. The molecule has 1 N–H and O–H groups in total. The van der Waals surface area contributed by atoms with E-state index in [0.29, 0.717) is 11.6 Å². The Labute approximate surface area is 120 Å². The maximum absolute atomic E-state index is 11.9. The second-order valence-corrected chi connectivity index (χ2v) is 6.26. The van der Waals surface area contributed by atoms with Crippen LogP contribution < -0.4 is 5.32 Å². The van der Waals surface area contributed by atoms with Crippen LogP contribution in [0.2, 0.25) is 0 Å². The van der Waals surface area contributed by atoms with Crippen molar-refractivity contribution in [3.05, 3.63) is 34.9 Å². The smallest absolute Gasteiger partial charge is 0.230 e. The average Bonchev–Trinajstić information content (AvgIpc) is 2.80. The molecule has 6 heteroatoms. The summed E-state index contributed by atoms with van der Waals surface area (Å²) in [6.07, 6.45) is 2.29. The van der Waals surface area contributed by atoms with Crippen LogP contribution in [0, 0.1) is 13.8 Å². The standard InChI is InChI=1S/C13H15N3OS2/c1-8-4-5-10(9(2)6-8)7-11(17)14-12-15-16-13(18-3)19-12/h4-6H,7H2,1-3H3,(H,14,15,17). The molecule has 100 valence electrons. The van der Waals surface area contributed by atoms with Crippen LogP contribution >= 0.6 is 23.1 Å². The second kappa shape index (κ2) is 6.16. The highest BCUT2D eigenvalue weighted by atomic mass is 32.2. The maximum atomic E-state index is 11.9.